The molecule has 0 fully saturated rings. The molecule has 0 N–H and O–H groups in total. The summed E-state index contributed by atoms with van der Waals surface area (Å²) < 4.78 is 5.30. The highest BCUT2D eigenvalue weighted by Crippen LogP contribution is 2.28. The second kappa shape index (κ2) is 6.02. The average Bonchev–Trinajstić information content (AvgIpc) is 2.99. The van der Waals surface area contributed by atoms with Crippen LogP contribution in [0.3, 0.4) is 0 Å². The fraction of sp³-hybridized carbons (Fsp3) is 0.222. The van der Waals surface area contributed by atoms with Crippen molar-refractivity contribution in [3.05, 3.63) is 65.7 Å². The van der Waals surface area contributed by atoms with E-state index in [0.717, 1.165) is 17.7 Å². The smallest absolute Gasteiger partial charge is 0.338 e. The van der Waals surface area contributed by atoms with E-state index >= 15 is 0 Å². The highest BCUT2D eigenvalue weighted by Gasteiger charge is 2.29. The standard InChI is InChI=1S/C18H17NO3/c1-13(22-18(21)15-8-3-2-4-9-15)17(20)19-12-11-14-7-5-6-10-16(14)19/h2-10,13H,11-12H2,1H3/t13-/m0/s1. The molecule has 22 heavy (non-hydrogen) atoms. The van der Waals surface area contributed by atoms with Crippen LogP contribution in [0, 0.1) is 0 Å². The van der Waals surface area contributed by atoms with E-state index in [1.54, 1.807) is 36.1 Å². The summed E-state index contributed by atoms with van der Waals surface area (Å²) in [6, 6.07) is 16.5. The summed E-state index contributed by atoms with van der Waals surface area (Å²) in [6.45, 7) is 2.25. The maximum Gasteiger partial charge on any atom is 0.338 e. The van der Waals surface area contributed by atoms with Crippen molar-refractivity contribution in [3.8, 4) is 0 Å². The van der Waals surface area contributed by atoms with E-state index in [1.165, 1.54) is 0 Å². The number of amides is 1. The Hall–Kier alpha value is -2.62. The molecule has 112 valence electrons. The maximum absolute atomic E-state index is 12.5. The van der Waals surface area contributed by atoms with Crippen LogP contribution in [0.2, 0.25) is 0 Å². The van der Waals surface area contributed by atoms with Gasteiger partial charge in [-0.25, -0.2) is 4.79 Å². The Labute approximate surface area is 129 Å². The second-order valence-corrected chi connectivity index (χ2v) is 5.28. The van der Waals surface area contributed by atoms with Gasteiger partial charge in [-0.2, -0.15) is 0 Å². The Morgan fingerprint density at radius 1 is 1.05 bits per heavy atom. The quantitative estimate of drug-likeness (QED) is 0.818. The van der Waals surface area contributed by atoms with Crippen molar-refractivity contribution in [2.75, 3.05) is 11.4 Å². The number of nitrogens with zero attached hydrogens (tertiary/aromatic N) is 1. The predicted molar refractivity (Wildman–Crippen MR) is 83.8 cm³/mol. The van der Waals surface area contributed by atoms with Gasteiger partial charge in [0.2, 0.25) is 0 Å². The molecular formula is C18H17NO3. The summed E-state index contributed by atoms with van der Waals surface area (Å²) in [5, 5.41) is 0. The van der Waals surface area contributed by atoms with Crippen molar-refractivity contribution in [3.63, 3.8) is 0 Å². The fourth-order valence-electron chi connectivity index (χ4n) is 2.64. The molecule has 0 aliphatic carbocycles. The first-order valence-corrected chi connectivity index (χ1v) is 7.32. The highest BCUT2D eigenvalue weighted by atomic mass is 16.5. The van der Waals surface area contributed by atoms with Gasteiger partial charge in [0.1, 0.15) is 0 Å². The van der Waals surface area contributed by atoms with E-state index in [1.807, 2.05) is 30.3 Å². The van der Waals surface area contributed by atoms with Crippen molar-refractivity contribution in [2.45, 2.75) is 19.4 Å². The number of carbonyl (C=O) groups excluding carboxylic acids is 2. The lowest BCUT2D eigenvalue weighted by molar-refractivity contribution is -0.126. The zero-order valence-electron chi connectivity index (χ0n) is 12.4. The minimum atomic E-state index is -0.807. The first-order valence-electron chi connectivity index (χ1n) is 7.32. The van der Waals surface area contributed by atoms with Gasteiger partial charge >= 0.3 is 5.97 Å². The minimum absolute atomic E-state index is 0.186. The molecule has 0 bridgehead atoms. The van der Waals surface area contributed by atoms with E-state index in [-0.39, 0.29) is 5.91 Å². The number of rotatable bonds is 3. The number of hydrogen-bond donors (Lipinski definition) is 0. The van der Waals surface area contributed by atoms with Gasteiger partial charge in [0.25, 0.3) is 5.91 Å². The molecule has 2 aromatic carbocycles. The number of esters is 1. The van der Waals surface area contributed by atoms with E-state index in [9.17, 15) is 9.59 Å². The Kier molecular flexibility index (Phi) is 3.92. The van der Waals surface area contributed by atoms with Gasteiger partial charge in [0.15, 0.2) is 6.10 Å². The topological polar surface area (TPSA) is 46.6 Å². The van der Waals surface area contributed by atoms with Gasteiger partial charge in [-0.1, -0.05) is 36.4 Å². The third-order valence-corrected chi connectivity index (χ3v) is 3.79. The number of ether oxygens (including phenoxy) is 1. The Balaban J connectivity index is 1.70. The number of carbonyl (C=O) groups is 2. The van der Waals surface area contributed by atoms with Crippen LogP contribution >= 0.6 is 0 Å². The molecule has 0 saturated heterocycles. The van der Waals surface area contributed by atoms with Crippen LogP contribution in [0.5, 0.6) is 0 Å². The van der Waals surface area contributed by atoms with Gasteiger partial charge in [0.05, 0.1) is 5.56 Å². The van der Waals surface area contributed by atoms with Gasteiger partial charge in [-0.05, 0) is 37.1 Å². The summed E-state index contributed by atoms with van der Waals surface area (Å²) >= 11 is 0. The Morgan fingerprint density at radius 2 is 1.73 bits per heavy atom. The lowest BCUT2D eigenvalue weighted by atomic mass is 10.2. The van der Waals surface area contributed by atoms with Crippen LogP contribution in [0.25, 0.3) is 0 Å². The van der Waals surface area contributed by atoms with E-state index in [4.69, 9.17) is 4.74 Å². The zero-order chi connectivity index (χ0) is 15.5. The van der Waals surface area contributed by atoms with Crippen LogP contribution < -0.4 is 4.90 Å². The van der Waals surface area contributed by atoms with Gasteiger partial charge < -0.3 is 9.64 Å². The lowest BCUT2D eigenvalue weighted by Gasteiger charge is -2.21. The number of anilines is 1. The minimum Gasteiger partial charge on any atom is -0.449 e. The van der Waals surface area contributed by atoms with Crippen LogP contribution in [-0.2, 0) is 16.0 Å². The third-order valence-electron chi connectivity index (χ3n) is 3.79. The third kappa shape index (κ3) is 2.72. The lowest BCUT2D eigenvalue weighted by Crippen LogP contribution is -2.39. The highest BCUT2D eigenvalue weighted by molar-refractivity contribution is 6.00. The number of hydrogen-bond acceptors (Lipinski definition) is 3. The van der Waals surface area contributed by atoms with E-state index in [2.05, 4.69) is 0 Å². The van der Waals surface area contributed by atoms with Crippen molar-refractivity contribution >= 4 is 17.6 Å². The SMILES string of the molecule is C[C@H](OC(=O)c1ccccc1)C(=O)N1CCc2ccccc21. The number of benzene rings is 2. The van der Waals surface area contributed by atoms with Gasteiger partial charge in [-0.3, -0.25) is 4.79 Å². The summed E-state index contributed by atoms with van der Waals surface area (Å²) in [7, 11) is 0. The monoisotopic (exact) mass is 295 g/mol. The first kappa shape index (κ1) is 14.3. The molecule has 1 heterocycles. The molecule has 4 nitrogen and oxygen atoms in total. The molecule has 1 aliphatic heterocycles. The van der Waals surface area contributed by atoms with Gasteiger partial charge in [0, 0.05) is 12.2 Å². The molecule has 0 radical (unpaired) electrons. The molecule has 1 amide bonds. The van der Waals surface area contributed by atoms with Crippen molar-refractivity contribution < 1.29 is 14.3 Å². The van der Waals surface area contributed by atoms with Crippen molar-refractivity contribution in [1.29, 1.82) is 0 Å². The average molecular weight is 295 g/mol. The fourth-order valence-corrected chi connectivity index (χ4v) is 2.64. The molecule has 3 rings (SSSR count). The molecular weight excluding hydrogens is 278 g/mol. The zero-order valence-corrected chi connectivity index (χ0v) is 12.4. The second-order valence-electron chi connectivity index (χ2n) is 5.28. The molecule has 2 aromatic rings. The largest absolute Gasteiger partial charge is 0.449 e. The van der Waals surface area contributed by atoms with Crippen LogP contribution in [-0.4, -0.2) is 24.5 Å². The normalized spacial score (nSPS) is 14.3. The molecule has 0 unspecified atom stereocenters. The summed E-state index contributed by atoms with van der Waals surface area (Å²) in [6.07, 6.45) is 0.0280. The molecule has 1 aliphatic rings. The van der Waals surface area contributed by atoms with Crippen LogP contribution in [0.15, 0.2) is 54.6 Å². The molecule has 0 spiro atoms. The predicted octanol–water partition coefficient (Wildman–Crippen LogP) is 2.82. The summed E-state index contributed by atoms with van der Waals surface area (Å²) in [4.78, 5) is 26.2. The van der Waals surface area contributed by atoms with E-state index < -0.39 is 12.1 Å². The molecule has 4 heteroatoms. The van der Waals surface area contributed by atoms with E-state index in [0.29, 0.717) is 12.1 Å². The van der Waals surface area contributed by atoms with Crippen LogP contribution in [0.4, 0.5) is 5.69 Å². The van der Waals surface area contributed by atoms with Gasteiger partial charge in [-0.15, -0.1) is 0 Å². The summed E-state index contributed by atoms with van der Waals surface area (Å²) in [5.74, 6) is -0.664. The van der Waals surface area contributed by atoms with Crippen molar-refractivity contribution in [2.24, 2.45) is 0 Å². The number of fused-ring (bicyclic) bond motifs is 1. The summed E-state index contributed by atoms with van der Waals surface area (Å²) in [5.41, 5.74) is 2.51. The number of para-hydroxylation sites is 1. The first-order chi connectivity index (χ1) is 10.7. The maximum atomic E-state index is 12.5. The molecule has 0 aromatic heterocycles. The Bertz CT molecular complexity index is 696. The van der Waals surface area contributed by atoms with Crippen LogP contribution in [0.1, 0.15) is 22.8 Å². The Morgan fingerprint density at radius 3 is 2.50 bits per heavy atom. The molecule has 0 saturated carbocycles. The molecule has 1 atom stereocenters. The van der Waals surface area contributed by atoms with Crippen molar-refractivity contribution in [1.82, 2.24) is 0 Å².